The van der Waals surface area contributed by atoms with Gasteiger partial charge in [-0.15, -0.1) is 0 Å². The number of alkyl halides is 2. The summed E-state index contributed by atoms with van der Waals surface area (Å²) in [5.41, 5.74) is 2.53. The zero-order chi connectivity index (χ0) is 28.8. The van der Waals surface area contributed by atoms with Crippen molar-refractivity contribution in [3.8, 4) is 0 Å². The van der Waals surface area contributed by atoms with Crippen LogP contribution >= 0.6 is 27.5 Å². The van der Waals surface area contributed by atoms with Gasteiger partial charge in [0, 0.05) is 52.3 Å². The van der Waals surface area contributed by atoms with Crippen molar-refractivity contribution in [1.29, 1.82) is 0 Å². The van der Waals surface area contributed by atoms with Gasteiger partial charge >= 0.3 is 5.97 Å². The van der Waals surface area contributed by atoms with Gasteiger partial charge in [-0.1, -0.05) is 52.7 Å². The maximum Gasteiger partial charge on any atom is 0.308 e. The average Bonchev–Trinajstić information content (AvgIpc) is 3.34. The van der Waals surface area contributed by atoms with E-state index in [9.17, 15) is 18.4 Å². The second kappa shape index (κ2) is 13.7. The molecule has 10 heteroatoms. The van der Waals surface area contributed by atoms with Crippen molar-refractivity contribution in [2.45, 2.75) is 64.4 Å². The highest BCUT2D eigenvalue weighted by atomic mass is 79.9. The average molecular weight is 637 g/mol. The Kier molecular flexibility index (Phi) is 10.4. The Balaban J connectivity index is 1.59. The third kappa shape index (κ3) is 7.29. The van der Waals surface area contributed by atoms with Crippen LogP contribution in [0.1, 0.15) is 66.4 Å². The zero-order valence-corrected chi connectivity index (χ0v) is 24.9. The van der Waals surface area contributed by atoms with E-state index in [0.717, 1.165) is 10.0 Å². The van der Waals surface area contributed by atoms with Crippen molar-refractivity contribution >= 4 is 56.1 Å². The lowest BCUT2D eigenvalue weighted by molar-refractivity contribution is -0.158. The first kappa shape index (κ1) is 30.2. The summed E-state index contributed by atoms with van der Waals surface area (Å²) in [5, 5.41) is 4.21. The molecule has 1 N–H and O–H groups in total. The largest absolute Gasteiger partial charge is 0.431 e. The minimum atomic E-state index is -1.63. The van der Waals surface area contributed by atoms with Crippen molar-refractivity contribution in [2.24, 2.45) is 0 Å². The molecule has 1 amide bonds. The number of halogens is 4. The molecular formula is C30H33BrClF2N3O3. The van der Waals surface area contributed by atoms with Gasteiger partial charge in [-0.2, -0.15) is 0 Å². The van der Waals surface area contributed by atoms with Crippen molar-refractivity contribution in [2.75, 3.05) is 24.5 Å². The Bertz CT molecular complexity index is 1380. The quantitative estimate of drug-likeness (QED) is 0.222. The fourth-order valence-corrected chi connectivity index (χ4v) is 5.74. The van der Waals surface area contributed by atoms with Gasteiger partial charge in [-0.3, -0.25) is 9.59 Å². The molecule has 0 aliphatic carbocycles. The van der Waals surface area contributed by atoms with E-state index in [2.05, 4.69) is 21.2 Å². The molecule has 2 unspecified atom stereocenters. The molecule has 1 aromatic heterocycles. The lowest BCUT2D eigenvalue weighted by Crippen LogP contribution is -2.31. The molecule has 1 aliphatic rings. The Hall–Kier alpha value is -2.78. The molecule has 3 aromatic rings. The van der Waals surface area contributed by atoms with Crippen LogP contribution in [0.5, 0.6) is 0 Å². The summed E-state index contributed by atoms with van der Waals surface area (Å²) in [6.45, 7) is 4.59. The van der Waals surface area contributed by atoms with E-state index >= 15 is 0 Å². The molecular weight excluding hydrogens is 604 g/mol. The molecule has 3 atom stereocenters. The first-order valence-corrected chi connectivity index (χ1v) is 14.7. The standard InChI is InChI=1S/C30H33BrClF2N3O3/c1-3-6-26(34)40-27(38)12-9-19(22-7-4-5-8-24(22)32)16-35-30(39)28-18(2)29(37-14-13-21(33)17-37)36-25-11-10-20(31)15-23(25)28/h4-5,7-8,10-11,15,19,21,26H,3,6,9,12-14,16-17H2,1-2H3,(H,35,39)/t19?,21-,26?/m1/s1. The van der Waals surface area contributed by atoms with E-state index in [1.165, 1.54) is 0 Å². The number of amides is 1. The second-order valence-electron chi connectivity index (χ2n) is 10.1. The van der Waals surface area contributed by atoms with Crippen LogP contribution in [-0.2, 0) is 9.53 Å². The molecule has 214 valence electrons. The number of fused-ring (bicyclic) bond motifs is 1. The Morgan fingerprint density at radius 1 is 1.25 bits per heavy atom. The highest BCUT2D eigenvalue weighted by molar-refractivity contribution is 9.10. The third-order valence-electron chi connectivity index (χ3n) is 7.15. The van der Waals surface area contributed by atoms with Crippen LogP contribution in [0.4, 0.5) is 14.6 Å². The van der Waals surface area contributed by atoms with Crippen molar-refractivity contribution in [3.63, 3.8) is 0 Å². The first-order chi connectivity index (χ1) is 19.2. The van der Waals surface area contributed by atoms with Gasteiger partial charge in [-0.25, -0.2) is 13.8 Å². The third-order valence-corrected chi connectivity index (χ3v) is 7.99. The summed E-state index contributed by atoms with van der Waals surface area (Å²) in [5.74, 6) is -0.670. The predicted molar refractivity (Wildman–Crippen MR) is 158 cm³/mol. The number of aromatic nitrogens is 1. The number of ether oxygens (including phenoxy) is 1. The molecule has 1 saturated heterocycles. The molecule has 1 aliphatic heterocycles. The lowest BCUT2D eigenvalue weighted by atomic mass is 9.93. The number of rotatable bonds is 11. The van der Waals surface area contributed by atoms with Gasteiger partial charge in [-0.05, 0) is 56.0 Å². The number of anilines is 1. The molecule has 6 nitrogen and oxygen atoms in total. The number of carbonyl (C=O) groups is 2. The SMILES string of the molecule is CCCC(F)OC(=O)CCC(CNC(=O)c1c(C)c(N2CC[C@@H](F)C2)nc2ccc(Br)cc12)c1ccccc1Cl. The molecule has 0 saturated carbocycles. The fourth-order valence-electron chi connectivity index (χ4n) is 5.09. The van der Waals surface area contributed by atoms with Crippen molar-refractivity contribution < 1.29 is 23.1 Å². The highest BCUT2D eigenvalue weighted by Crippen LogP contribution is 2.33. The van der Waals surface area contributed by atoms with Crippen LogP contribution in [0.25, 0.3) is 10.9 Å². The number of nitrogens with zero attached hydrogens (tertiary/aromatic N) is 2. The number of pyridine rings is 1. The monoisotopic (exact) mass is 635 g/mol. The molecule has 0 spiro atoms. The Labute approximate surface area is 246 Å². The van der Waals surface area contributed by atoms with Crippen LogP contribution < -0.4 is 10.2 Å². The molecule has 2 aromatic carbocycles. The molecule has 4 rings (SSSR count). The molecule has 1 fully saturated rings. The zero-order valence-electron chi connectivity index (χ0n) is 22.6. The topological polar surface area (TPSA) is 71.5 Å². The number of esters is 1. The fraction of sp³-hybridized carbons (Fsp3) is 0.433. The van der Waals surface area contributed by atoms with E-state index in [1.54, 1.807) is 12.1 Å². The van der Waals surface area contributed by atoms with E-state index in [-0.39, 0.29) is 37.8 Å². The smallest absolute Gasteiger partial charge is 0.308 e. The minimum Gasteiger partial charge on any atom is -0.431 e. The van der Waals surface area contributed by atoms with Gasteiger partial charge < -0.3 is 15.0 Å². The second-order valence-corrected chi connectivity index (χ2v) is 11.4. The number of hydrogen-bond donors (Lipinski definition) is 1. The molecule has 40 heavy (non-hydrogen) atoms. The molecule has 0 radical (unpaired) electrons. The van der Waals surface area contributed by atoms with Crippen LogP contribution in [0.15, 0.2) is 46.9 Å². The first-order valence-electron chi connectivity index (χ1n) is 13.5. The molecule has 2 heterocycles. The van der Waals surface area contributed by atoms with Gasteiger partial charge in [0.25, 0.3) is 5.91 Å². The maximum absolute atomic E-state index is 14.0. The summed E-state index contributed by atoms with van der Waals surface area (Å²) >= 11 is 9.97. The summed E-state index contributed by atoms with van der Waals surface area (Å²) in [6.07, 6.45) is -1.14. The van der Waals surface area contributed by atoms with E-state index in [4.69, 9.17) is 21.3 Å². The summed E-state index contributed by atoms with van der Waals surface area (Å²) in [4.78, 5) is 32.7. The summed E-state index contributed by atoms with van der Waals surface area (Å²) < 4.78 is 33.5. The molecule has 0 bridgehead atoms. The summed E-state index contributed by atoms with van der Waals surface area (Å²) in [6, 6.07) is 12.8. The highest BCUT2D eigenvalue weighted by Gasteiger charge is 2.28. The van der Waals surface area contributed by atoms with Crippen molar-refractivity contribution in [3.05, 3.63) is 68.7 Å². The van der Waals surface area contributed by atoms with Crippen LogP contribution in [0.3, 0.4) is 0 Å². The minimum absolute atomic E-state index is 0.0242. The Morgan fingerprint density at radius 2 is 2.02 bits per heavy atom. The summed E-state index contributed by atoms with van der Waals surface area (Å²) in [7, 11) is 0. The normalized spacial score (nSPS) is 16.6. The van der Waals surface area contributed by atoms with Crippen LogP contribution in [0.2, 0.25) is 5.02 Å². The van der Waals surface area contributed by atoms with Crippen LogP contribution in [0, 0.1) is 6.92 Å². The van der Waals surface area contributed by atoms with Crippen molar-refractivity contribution in [1.82, 2.24) is 10.3 Å². The lowest BCUT2D eigenvalue weighted by Gasteiger charge is -2.23. The van der Waals surface area contributed by atoms with Gasteiger partial charge in [0.2, 0.25) is 6.36 Å². The van der Waals surface area contributed by atoms with Gasteiger partial charge in [0.05, 0.1) is 17.6 Å². The Morgan fingerprint density at radius 3 is 2.73 bits per heavy atom. The van der Waals surface area contributed by atoms with E-state index in [1.807, 2.05) is 49.1 Å². The number of carbonyl (C=O) groups excluding carboxylic acids is 2. The van der Waals surface area contributed by atoms with Gasteiger partial charge in [0.15, 0.2) is 0 Å². The number of hydrogen-bond acceptors (Lipinski definition) is 5. The maximum atomic E-state index is 14.0. The van der Waals surface area contributed by atoms with E-state index < -0.39 is 18.5 Å². The number of benzene rings is 2. The predicted octanol–water partition coefficient (Wildman–Crippen LogP) is 7.44. The number of nitrogens with one attached hydrogen (secondary N) is 1. The van der Waals surface area contributed by atoms with E-state index in [0.29, 0.717) is 58.7 Å². The van der Waals surface area contributed by atoms with Crippen LogP contribution in [-0.4, -0.2) is 49.0 Å². The van der Waals surface area contributed by atoms with Gasteiger partial charge in [0.1, 0.15) is 12.0 Å².